The lowest BCUT2D eigenvalue weighted by Gasteiger charge is -2.22. The van der Waals surface area contributed by atoms with E-state index in [9.17, 15) is 24.9 Å². The first-order valence-corrected chi connectivity index (χ1v) is 6.85. The lowest BCUT2D eigenvalue weighted by molar-refractivity contribution is -0.139. The number of phenols is 1. The van der Waals surface area contributed by atoms with Gasteiger partial charge in [-0.25, -0.2) is 9.78 Å². The zero-order chi connectivity index (χ0) is 15.9. The van der Waals surface area contributed by atoms with Crippen LogP contribution >= 0.6 is 0 Å². The lowest BCUT2D eigenvalue weighted by atomic mass is 9.94. The Morgan fingerprint density at radius 1 is 1.27 bits per heavy atom. The Hall–Kier alpha value is -2.83. The minimum atomic E-state index is -1.25. The van der Waals surface area contributed by atoms with Crippen molar-refractivity contribution in [3.63, 3.8) is 0 Å². The molecular formula is C15H14N2O5. The zero-order valence-corrected chi connectivity index (χ0v) is 11.6. The summed E-state index contributed by atoms with van der Waals surface area (Å²) in [6, 6.07) is 6.31. The molecule has 2 heterocycles. The van der Waals surface area contributed by atoms with Gasteiger partial charge < -0.3 is 19.9 Å². The van der Waals surface area contributed by atoms with Crippen LogP contribution in [0.3, 0.4) is 0 Å². The standard InChI is InChI=1S/C15H14N2O5/c18-9-4-1-3-8(7-9)13-16-11(15(21)22)12-10(14(19)20)5-2-6-17(12)13/h1,3-4,7,10,18H,2,5-6H2,(H,19,20)(H,21,22). The molecule has 3 rings (SSSR count). The minimum Gasteiger partial charge on any atom is -0.508 e. The molecule has 0 amide bonds. The molecular weight excluding hydrogens is 288 g/mol. The molecule has 1 aromatic heterocycles. The van der Waals surface area contributed by atoms with Crippen LogP contribution in [0.2, 0.25) is 0 Å². The highest BCUT2D eigenvalue weighted by Crippen LogP contribution is 2.35. The molecule has 0 fully saturated rings. The van der Waals surface area contributed by atoms with Crippen LogP contribution in [0.4, 0.5) is 0 Å². The molecule has 3 N–H and O–H groups in total. The van der Waals surface area contributed by atoms with Crippen molar-refractivity contribution < 1.29 is 24.9 Å². The third kappa shape index (κ3) is 2.20. The molecule has 1 unspecified atom stereocenters. The molecule has 0 radical (unpaired) electrons. The fourth-order valence-corrected chi connectivity index (χ4v) is 2.90. The molecule has 1 atom stereocenters. The number of carboxylic acids is 2. The van der Waals surface area contributed by atoms with Gasteiger partial charge in [0.2, 0.25) is 0 Å². The molecule has 2 aromatic rings. The van der Waals surface area contributed by atoms with Crippen LogP contribution in [0, 0.1) is 0 Å². The molecule has 0 bridgehead atoms. The van der Waals surface area contributed by atoms with Crippen LogP contribution in [0.15, 0.2) is 24.3 Å². The number of benzene rings is 1. The van der Waals surface area contributed by atoms with Gasteiger partial charge in [-0.1, -0.05) is 12.1 Å². The predicted octanol–water partition coefficient (Wildman–Crippen LogP) is 1.92. The number of hydrogen-bond donors (Lipinski definition) is 3. The largest absolute Gasteiger partial charge is 0.508 e. The van der Waals surface area contributed by atoms with E-state index in [0.29, 0.717) is 30.8 Å². The van der Waals surface area contributed by atoms with Crippen molar-refractivity contribution in [3.05, 3.63) is 35.7 Å². The van der Waals surface area contributed by atoms with E-state index in [2.05, 4.69) is 4.98 Å². The first kappa shape index (κ1) is 14.1. The van der Waals surface area contributed by atoms with Gasteiger partial charge in [0.25, 0.3) is 0 Å². The summed E-state index contributed by atoms with van der Waals surface area (Å²) in [6.45, 7) is 0.504. The van der Waals surface area contributed by atoms with E-state index in [-0.39, 0.29) is 17.1 Å². The Bertz CT molecular complexity index is 765. The summed E-state index contributed by atoms with van der Waals surface area (Å²) < 4.78 is 1.64. The number of fused-ring (bicyclic) bond motifs is 1. The molecule has 0 saturated heterocycles. The summed E-state index contributed by atoms with van der Waals surface area (Å²) in [6.07, 6.45) is 1.02. The summed E-state index contributed by atoms with van der Waals surface area (Å²) in [7, 11) is 0. The normalized spacial score (nSPS) is 17.0. The highest BCUT2D eigenvalue weighted by Gasteiger charge is 2.35. The van der Waals surface area contributed by atoms with Gasteiger partial charge >= 0.3 is 11.9 Å². The highest BCUT2D eigenvalue weighted by molar-refractivity contribution is 5.91. The lowest BCUT2D eigenvalue weighted by Crippen LogP contribution is -2.24. The summed E-state index contributed by atoms with van der Waals surface area (Å²) in [5.74, 6) is -2.76. The molecule has 0 spiro atoms. The van der Waals surface area contributed by atoms with Crippen LogP contribution in [-0.2, 0) is 11.3 Å². The second-order valence-electron chi connectivity index (χ2n) is 5.21. The Balaban J connectivity index is 2.24. The van der Waals surface area contributed by atoms with E-state index in [1.54, 1.807) is 16.7 Å². The van der Waals surface area contributed by atoms with E-state index in [1.165, 1.54) is 12.1 Å². The van der Waals surface area contributed by atoms with Gasteiger partial charge in [0.05, 0.1) is 11.6 Å². The summed E-state index contributed by atoms with van der Waals surface area (Å²) >= 11 is 0. The first-order chi connectivity index (χ1) is 10.5. The van der Waals surface area contributed by atoms with Crippen molar-refractivity contribution >= 4 is 11.9 Å². The number of phenolic OH excluding ortho intramolecular Hbond substituents is 1. The number of hydrogen-bond acceptors (Lipinski definition) is 4. The molecule has 7 nitrogen and oxygen atoms in total. The molecule has 0 aliphatic carbocycles. The first-order valence-electron chi connectivity index (χ1n) is 6.85. The van der Waals surface area contributed by atoms with Crippen LogP contribution in [-0.4, -0.2) is 36.8 Å². The number of imidazole rings is 1. The van der Waals surface area contributed by atoms with Gasteiger partial charge in [0.15, 0.2) is 5.69 Å². The van der Waals surface area contributed by atoms with Crippen molar-refractivity contribution in [2.24, 2.45) is 0 Å². The fourth-order valence-electron chi connectivity index (χ4n) is 2.90. The van der Waals surface area contributed by atoms with Gasteiger partial charge in [-0.3, -0.25) is 4.79 Å². The number of carboxylic acid groups (broad SMARTS) is 2. The third-order valence-electron chi connectivity index (χ3n) is 3.82. The maximum atomic E-state index is 11.4. The molecule has 1 aliphatic rings. The van der Waals surface area contributed by atoms with Crippen LogP contribution in [0.25, 0.3) is 11.4 Å². The predicted molar refractivity (Wildman–Crippen MR) is 75.9 cm³/mol. The summed E-state index contributed by atoms with van der Waals surface area (Å²) in [5.41, 5.74) is 0.551. The quantitative estimate of drug-likeness (QED) is 0.798. The Morgan fingerprint density at radius 3 is 2.68 bits per heavy atom. The Labute approximate surface area is 125 Å². The number of aliphatic carboxylic acids is 1. The molecule has 22 heavy (non-hydrogen) atoms. The third-order valence-corrected chi connectivity index (χ3v) is 3.82. The van der Waals surface area contributed by atoms with Crippen LogP contribution in [0.5, 0.6) is 5.75 Å². The number of aromatic hydroxyl groups is 1. The maximum Gasteiger partial charge on any atom is 0.356 e. The average molecular weight is 302 g/mol. The smallest absolute Gasteiger partial charge is 0.356 e. The summed E-state index contributed by atoms with van der Waals surface area (Å²) in [5, 5.41) is 28.3. The number of rotatable bonds is 3. The minimum absolute atomic E-state index is 0.0392. The Kier molecular flexibility index (Phi) is 3.32. The molecule has 114 valence electrons. The van der Waals surface area contributed by atoms with Gasteiger partial charge in [0, 0.05) is 12.1 Å². The second kappa shape index (κ2) is 5.18. The van der Waals surface area contributed by atoms with Crippen molar-refractivity contribution in [1.29, 1.82) is 0 Å². The topological polar surface area (TPSA) is 113 Å². The number of carbonyl (C=O) groups is 2. The fraction of sp³-hybridized carbons (Fsp3) is 0.267. The highest BCUT2D eigenvalue weighted by atomic mass is 16.4. The summed E-state index contributed by atoms with van der Waals surface area (Å²) in [4.78, 5) is 27.0. The molecule has 7 heteroatoms. The van der Waals surface area contributed by atoms with Gasteiger partial charge in [0.1, 0.15) is 11.6 Å². The van der Waals surface area contributed by atoms with E-state index >= 15 is 0 Å². The monoisotopic (exact) mass is 302 g/mol. The van der Waals surface area contributed by atoms with E-state index in [4.69, 9.17) is 0 Å². The van der Waals surface area contributed by atoms with E-state index < -0.39 is 17.9 Å². The number of nitrogens with zero attached hydrogens (tertiary/aromatic N) is 2. The average Bonchev–Trinajstić information content (AvgIpc) is 2.86. The zero-order valence-electron chi connectivity index (χ0n) is 11.6. The molecule has 1 aliphatic heterocycles. The SMILES string of the molecule is O=C(O)c1nc(-c2cccc(O)c2)n2c1C(C(=O)O)CCC2. The Morgan fingerprint density at radius 2 is 2.05 bits per heavy atom. The van der Waals surface area contributed by atoms with Crippen molar-refractivity contribution in [2.75, 3.05) is 0 Å². The van der Waals surface area contributed by atoms with Crippen molar-refractivity contribution in [3.8, 4) is 17.1 Å². The van der Waals surface area contributed by atoms with Crippen LogP contribution in [0.1, 0.15) is 34.9 Å². The number of aromatic carboxylic acids is 1. The van der Waals surface area contributed by atoms with Gasteiger partial charge in [-0.15, -0.1) is 0 Å². The van der Waals surface area contributed by atoms with Gasteiger partial charge in [-0.05, 0) is 25.0 Å². The second-order valence-corrected chi connectivity index (χ2v) is 5.21. The maximum absolute atomic E-state index is 11.4. The molecule has 0 saturated carbocycles. The number of aromatic nitrogens is 2. The van der Waals surface area contributed by atoms with Crippen LogP contribution < -0.4 is 0 Å². The van der Waals surface area contributed by atoms with Gasteiger partial charge in [-0.2, -0.15) is 0 Å². The van der Waals surface area contributed by atoms with Crippen molar-refractivity contribution in [1.82, 2.24) is 9.55 Å². The molecule has 1 aromatic carbocycles. The van der Waals surface area contributed by atoms with Crippen molar-refractivity contribution in [2.45, 2.75) is 25.3 Å². The van der Waals surface area contributed by atoms with E-state index in [1.807, 2.05) is 0 Å². The van der Waals surface area contributed by atoms with E-state index in [0.717, 1.165) is 0 Å².